The molecule has 0 aliphatic rings. The zero-order valence-corrected chi connectivity index (χ0v) is 9.67. The Morgan fingerprint density at radius 3 is 2.53 bits per heavy atom. The first kappa shape index (κ1) is 13.9. The fraction of sp³-hybridized carbons (Fsp3) is 0.545. The minimum absolute atomic E-state index is 0.0547. The minimum atomic E-state index is -4.42. The predicted octanol–water partition coefficient (Wildman–Crippen LogP) is 2.57. The normalized spacial score (nSPS) is 11.8. The highest BCUT2D eigenvalue weighted by atomic mass is 19.4. The van der Waals surface area contributed by atoms with Crippen LogP contribution in [0.5, 0.6) is 0 Å². The van der Waals surface area contributed by atoms with Crippen molar-refractivity contribution in [3.63, 3.8) is 0 Å². The van der Waals surface area contributed by atoms with Crippen LogP contribution in [0.3, 0.4) is 0 Å². The van der Waals surface area contributed by atoms with Gasteiger partial charge in [0, 0.05) is 7.11 Å². The van der Waals surface area contributed by atoms with Crippen LogP contribution >= 0.6 is 0 Å². The molecule has 0 radical (unpaired) electrons. The van der Waals surface area contributed by atoms with E-state index in [2.05, 4.69) is 4.98 Å². The number of halogens is 3. The van der Waals surface area contributed by atoms with Gasteiger partial charge in [0.05, 0.1) is 25.5 Å². The number of aryl methyl sites for hydroxylation is 1. The molecule has 0 spiro atoms. The number of ether oxygens (including phenoxy) is 2. The molecule has 0 bridgehead atoms. The monoisotopic (exact) mass is 249 g/mol. The second-order valence-electron chi connectivity index (χ2n) is 3.50. The first-order valence-electron chi connectivity index (χ1n) is 5.05. The van der Waals surface area contributed by atoms with Gasteiger partial charge in [-0.05, 0) is 18.6 Å². The average molecular weight is 249 g/mol. The van der Waals surface area contributed by atoms with Crippen molar-refractivity contribution in [3.05, 3.63) is 29.1 Å². The first-order chi connectivity index (χ1) is 7.95. The Morgan fingerprint density at radius 1 is 1.24 bits per heavy atom. The van der Waals surface area contributed by atoms with Crippen molar-refractivity contribution in [2.45, 2.75) is 19.7 Å². The summed E-state index contributed by atoms with van der Waals surface area (Å²) < 4.78 is 47.2. The van der Waals surface area contributed by atoms with Gasteiger partial charge in [0.2, 0.25) is 0 Å². The third kappa shape index (κ3) is 4.32. The Morgan fingerprint density at radius 2 is 1.94 bits per heavy atom. The standard InChI is InChI=1S/C11H14F3NO2/c1-8-3-4-10(11(12,13)14)15-9(8)7-17-6-5-16-2/h3-4H,5-7H2,1-2H3. The van der Waals surface area contributed by atoms with E-state index in [1.807, 2.05) is 0 Å². The van der Waals surface area contributed by atoms with Crippen molar-refractivity contribution in [2.75, 3.05) is 20.3 Å². The van der Waals surface area contributed by atoms with E-state index in [9.17, 15) is 13.2 Å². The summed E-state index contributed by atoms with van der Waals surface area (Å²) in [7, 11) is 1.52. The van der Waals surface area contributed by atoms with Crippen molar-refractivity contribution in [1.82, 2.24) is 4.98 Å². The molecule has 96 valence electrons. The van der Waals surface area contributed by atoms with Crippen LogP contribution in [0.2, 0.25) is 0 Å². The molecule has 0 fully saturated rings. The van der Waals surface area contributed by atoms with E-state index in [1.54, 1.807) is 6.92 Å². The molecule has 1 heterocycles. The van der Waals surface area contributed by atoms with Crippen molar-refractivity contribution < 1.29 is 22.6 Å². The summed E-state index contributed by atoms with van der Waals surface area (Å²) in [5.41, 5.74) is 0.0831. The summed E-state index contributed by atoms with van der Waals surface area (Å²) in [5, 5.41) is 0. The van der Waals surface area contributed by atoms with E-state index in [0.29, 0.717) is 24.5 Å². The minimum Gasteiger partial charge on any atom is -0.382 e. The van der Waals surface area contributed by atoms with E-state index >= 15 is 0 Å². The van der Waals surface area contributed by atoms with E-state index in [0.717, 1.165) is 6.07 Å². The molecule has 0 aliphatic heterocycles. The molecule has 6 heteroatoms. The zero-order chi connectivity index (χ0) is 12.9. The van der Waals surface area contributed by atoms with Gasteiger partial charge in [-0.2, -0.15) is 13.2 Å². The van der Waals surface area contributed by atoms with Crippen LogP contribution in [-0.2, 0) is 22.3 Å². The molecule has 0 aliphatic carbocycles. The largest absolute Gasteiger partial charge is 0.433 e. The molecule has 0 N–H and O–H groups in total. The van der Waals surface area contributed by atoms with E-state index in [-0.39, 0.29) is 6.61 Å². The van der Waals surface area contributed by atoms with Gasteiger partial charge < -0.3 is 9.47 Å². The number of nitrogens with zero attached hydrogens (tertiary/aromatic N) is 1. The Kier molecular flexibility index (Phi) is 4.89. The van der Waals surface area contributed by atoms with Crippen LogP contribution in [0, 0.1) is 6.92 Å². The fourth-order valence-electron chi connectivity index (χ4n) is 1.19. The Balaban J connectivity index is 2.70. The smallest absolute Gasteiger partial charge is 0.382 e. The van der Waals surface area contributed by atoms with Gasteiger partial charge in [0.25, 0.3) is 0 Å². The number of alkyl halides is 3. The molecule has 1 aromatic rings. The number of hydrogen-bond acceptors (Lipinski definition) is 3. The van der Waals surface area contributed by atoms with Crippen molar-refractivity contribution in [2.24, 2.45) is 0 Å². The highest BCUT2D eigenvalue weighted by Crippen LogP contribution is 2.28. The van der Waals surface area contributed by atoms with E-state index in [4.69, 9.17) is 9.47 Å². The quantitative estimate of drug-likeness (QED) is 0.751. The van der Waals surface area contributed by atoms with Crippen LogP contribution in [0.15, 0.2) is 12.1 Å². The highest BCUT2D eigenvalue weighted by Gasteiger charge is 2.32. The summed E-state index contributed by atoms with van der Waals surface area (Å²) in [6.07, 6.45) is -4.42. The maximum Gasteiger partial charge on any atom is 0.433 e. The van der Waals surface area contributed by atoms with Crippen LogP contribution in [0.4, 0.5) is 13.2 Å². The maximum absolute atomic E-state index is 12.4. The van der Waals surface area contributed by atoms with Crippen molar-refractivity contribution in [1.29, 1.82) is 0 Å². The Hall–Kier alpha value is -1.14. The molecule has 1 rings (SSSR count). The lowest BCUT2D eigenvalue weighted by atomic mass is 10.2. The van der Waals surface area contributed by atoms with Crippen LogP contribution in [-0.4, -0.2) is 25.3 Å². The third-order valence-electron chi connectivity index (χ3n) is 2.16. The Bertz CT molecular complexity index is 366. The highest BCUT2D eigenvalue weighted by molar-refractivity contribution is 5.22. The second kappa shape index (κ2) is 5.97. The maximum atomic E-state index is 12.4. The van der Waals surface area contributed by atoms with Crippen molar-refractivity contribution >= 4 is 0 Å². The van der Waals surface area contributed by atoms with E-state index < -0.39 is 11.9 Å². The van der Waals surface area contributed by atoms with Gasteiger partial charge in [-0.15, -0.1) is 0 Å². The number of rotatable bonds is 5. The zero-order valence-electron chi connectivity index (χ0n) is 9.67. The lowest BCUT2D eigenvalue weighted by Gasteiger charge is -2.10. The summed E-state index contributed by atoms with van der Waals surface area (Å²) in [5.74, 6) is 0. The molecule has 0 saturated carbocycles. The second-order valence-corrected chi connectivity index (χ2v) is 3.50. The van der Waals surface area contributed by atoms with Crippen molar-refractivity contribution in [3.8, 4) is 0 Å². The van der Waals surface area contributed by atoms with Gasteiger partial charge in [-0.3, -0.25) is 0 Å². The summed E-state index contributed by atoms with van der Waals surface area (Å²) in [4.78, 5) is 3.55. The molecule has 0 amide bonds. The number of hydrogen-bond donors (Lipinski definition) is 0. The molecule has 3 nitrogen and oxygen atoms in total. The molecule has 0 saturated heterocycles. The number of methoxy groups -OCH3 is 1. The topological polar surface area (TPSA) is 31.4 Å². The third-order valence-corrected chi connectivity index (χ3v) is 2.16. The summed E-state index contributed by atoms with van der Waals surface area (Å²) >= 11 is 0. The van der Waals surface area contributed by atoms with Crippen LogP contribution in [0.25, 0.3) is 0 Å². The van der Waals surface area contributed by atoms with Gasteiger partial charge in [0.1, 0.15) is 5.69 Å². The van der Waals surface area contributed by atoms with Gasteiger partial charge in [-0.1, -0.05) is 6.07 Å². The molecular formula is C11H14F3NO2. The van der Waals surface area contributed by atoms with Gasteiger partial charge in [0.15, 0.2) is 0 Å². The Labute approximate surface area is 97.6 Å². The average Bonchev–Trinajstić information content (AvgIpc) is 2.25. The van der Waals surface area contributed by atoms with Gasteiger partial charge >= 0.3 is 6.18 Å². The molecule has 1 aromatic heterocycles. The first-order valence-corrected chi connectivity index (χ1v) is 5.05. The summed E-state index contributed by atoms with van der Waals surface area (Å²) in [6, 6.07) is 2.36. The van der Waals surface area contributed by atoms with Crippen LogP contribution < -0.4 is 0 Å². The number of pyridine rings is 1. The lowest BCUT2D eigenvalue weighted by Crippen LogP contribution is -2.11. The lowest BCUT2D eigenvalue weighted by molar-refractivity contribution is -0.141. The molecule has 17 heavy (non-hydrogen) atoms. The molecule has 0 unspecified atom stereocenters. The predicted molar refractivity (Wildman–Crippen MR) is 55.5 cm³/mol. The van der Waals surface area contributed by atoms with Crippen LogP contribution in [0.1, 0.15) is 17.0 Å². The fourth-order valence-corrected chi connectivity index (χ4v) is 1.19. The van der Waals surface area contributed by atoms with Gasteiger partial charge in [-0.25, -0.2) is 4.98 Å². The SMILES string of the molecule is COCCOCc1nc(C(F)(F)F)ccc1C. The van der Waals surface area contributed by atoms with E-state index in [1.165, 1.54) is 13.2 Å². The number of aromatic nitrogens is 1. The molecule has 0 atom stereocenters. The summed E-state index contributed by atoms with van der Waals surface area (Å²) in [6.45, 7) is 2.48. The molecule has 0 aromatic carbocycles. The molecular weight excluding hydrogens is 235 g/mol.